The molecule has 0 aliphatic heterocycles. The Labute approximate surface area is 161 Å². The van der Waals surface area contributed by atoms with E-state index in [0.29, 0.717) is 28.9 Å². The van der Waals surface area contributed by atoms with Crippen LogP contribution in [0.4, 0.5) is 0 Å². The summed E-state index contributed by atoms with van der Waals surface area (Å²) in [7, 11) is 1.64. The van der Waals surface area contributed by atoms with Crippen molar-refractivity contribution in [3.8, 4) is 11.5 Å². The number of aromatic nitrogens is 2. The molecule has 2 aromatic heterocycles. The lowest BCUT2D eigenvalue weighted by molar-refractivity contribution is 0.280. The number of thiazole rings is 1. The Kier molecular flexibility index (Phi) is 4.74. The van der Waals surface area contributed by atoms with Crippen LogP contribution in [0.15, 0.2) is 29.1 Å². The Balaban J connectivity index is 1.68. The van der Waals surface area contributed by atoms with Crippen molar-refractivity contribution in [1.82, 2.24) is 9.38 Å². The summed E-state index contributed by atoms with van der Waals surface area (Å²) >= 11 is 1.53. The second-order valence-corrected chi connectivity index (χ2v) is 8.03. The van der Waals surface area contributed by atoms with E-state index >= 15 is 0 Å². The molecule has 1 saturated carbocycles. The van der Waals surface area contributed by atoms with Crippen LogP contribution in [0, 0.1) is 19.8 Å². The molecule has 0 atom stereocenters. The number of aryl methyl sites for hydroxylation is 2. The fraction of sp³-hybridized carbons (Fsp3) is 0.333. The van der Waals surface area contributed by atoms with Crippen molar-refractivity contribution in [3.63, 3.8) is 0 Å². The molecule has 0 N–H and O–H groups in total. The Bertz CT molecular complexity index is 1080. The van der Waals surface area contributed by atoms with Gasteiger partial charge in [0.2, 0.25) is 0 Å². The van der Waals surface area contributed by atoms with Crippen molar-refractivity contribution >= 4 is 28.4 Å². The highest BCUT2D eigenvalue weighted by Crippen LogP contribution is 2.35. The molecule has 0 radical (unpaired) electrons. The highest BCUT2D eigenvalue weighted by molar-refractivity contribution is 7.17. The summed E-state index contributed by atoms with van der Waals surface area (Å²) in [5, 5.41) is 0. The minimum absolute atomic E-state index is 0.0580. The molecule has 1 aliphatic rings. The predicted octanol–water partition coefficient (Wildman–Crippen LogP) is 4.34. The fourth-order valence-corrected chi connectivity index (χ4v) is 3.93. The van der Waals surface area contributed by atoms with Crippen LogP contribution in [0.1, 0.15) is 34.7 Å². The van der Waals surface area contributed by atoms with E-state index in [1.165, 1.54) is 24.2 Å². The molecular weight excluding hydrogens is 360 g/mol. The van der Waals surface area contributed by atoms with Gasteiger partial charge in [0, 0.05) is 22.2 Å². The van der Waals surface area contributed by atoms with E-state index in [2.05, 4.69) is 4.98 Å². The van der Waals surface area contributed by atoms with Crippen molar-refractivity contribution in [2.75, 3.05) is 13.7 Å². The van der Waals surface area contributed by atoms with Crippen molar-refractivity contribution < 1.29 is 9.47 Å². The van der Waals surface area contributed by atoms with Crippen LogP contribution in [-0.4, -0.2) is 23.1 Å². The van der Waals surface area contributed by atoms with Crippen molar-refractivity contribution in [3.05, 3.63) is 56.4 Å². The number of nitrogens with zero attached hydrogens (tertiary/aromatic N) is 2. The van der Waals surface area contributed by atoms with Gasteiger partial charge in [0.05, 0.1) is 19.4 Å². The van der Waals surface area contributed by atoms with E-state index in [0.717, 1.165) is 21.9 Å². The first-order valence-electron chi connectivity index (χ1n) is 9.04. The summed E-state index contributed by atoms with van der Waals surface area (Å²) in [6, 6.07) is 7.37. The van der Waals surface area contributed by atoms with Crippen molar-refractivity contribution in [2.24, 2.45) is 5.92 Å². The number of benzene rings is 1. The molecule has 27 heavy (non-hydrogen) atoms. The molecule has 1 fully saturated rings. The van der Waals surface area contributed by atoms with Gasteiger partial charge in [0.15, 0.2) is 16.5 Å². The van der Waals surface area contributed by atoms with Crippen LogP contribution >= 0.6 is 11.3 Å². The second kappa shape index (κ2) is 7.19. The lowest BCUT2D eigenvalue weighted by Gasteiger charge is -2.13. The summed E-state index contributed by atoms with van der Waals surface area (Å²) in [5.41, 5.74) is 2.44. The van der Waals surface area contributed by atoms with E-state index in [4.69, 9.17) is 9.47 Å². The highest BCUT2D eigenvalue weighted by atomic mass is 32.1. The summed E-state index contributed by atoms with van der Waals surface area (Å²) < 4.78 is 13.1. The highest BCUT2D eigenvalue weighted by Gasteiger charge is 2.23. The average Bonchev–Trinajstić information content (AvgIpc) is 3.43. The van der Waals surface area contributed by atoms with Crippen LogP contribution in [0.5, 0.6) is 11.5 Å². The summed E-state index contributed by atoms with van der Waals surface area (Å²) in [6.07, 6.45) is 6.24. The maximum absolute atomic E-state index is 12.4. The van der Waals surface area contributed by atoms with Gasteiger partial charge in [0.1, 0.15) is 0 Å². The zero-order chi connectivity index (χ0) is 19.0. The molecular formula is C21H22N2O3S. The molecule has 0 unspecified atom stereocenters. The Morgan fingerprint density at radius 1 is 1.30 bits per heavy atom. The number of rotatable bonds is 6. The summed E-state index contributed by atoms with van der Waals surface area (Å²) in [6.45, 7) is 4.65. The van der Waals surface area contributed by atoms with E-state index < -0.39 is 0 Å². The quantitative estimate of drug-likeness (QED) is 0.636. The van der Waals surface area contributed by atoms with Gasteiger partial charge in [-0.3, -0.25) is 9.20 Å². The van der Waals surface area contributed by atoms with Crippen LogP contribution in [0.25, 0.3) is 17.1 Å². The minimum Gasteiger partial charge on any atom is -0.493 e. The van der Waals surface area contributed by atoms with E-state index in [9.17, 15) is 4.79 Å². The second-order valence-electron chi connectivity index (χ2n) is 6.85. The monoisotopic (exact) mass is 382 g/mol. The molecule has 5 nitrogen and oxygen atoms in total. The fourth-order valence-electron chi connectivity index (χ4n) is 2.95. The first kappa shape index (κ1) is 17.8. The van der Waals surface area contributed by atoms with E-state index in [1.54, 1.807) is 17.6 Å². The molecule has 0 saturated heterocycles. The molecule has 1 aliphatic carbocycles. The Morgan fingerprint density at radius 3 is 2.85 bits per heavy atom. The molecule has 4 rings (SSSR count). The first-order valence-corrected chi connectivity index (χ1v) is 9.86. The standard InChI is InChI=1S/C21H22N2O3S/c1-13-14(2)27-21-22-17(11-19(24)23(13)21)10-9-16-5-4-6-18(25-3)20(16)26-12-15-7-8-15/h4-6,9-11,15H,7-8,12H2,1-3H3. The van der Waals surface area contributed by atoms with E-state index in [1.807, 2.05) is 44.2 Å². The first-order chi connectivity index (χ1) is 13.1. The van der Waals surface area contributed by atoms with Crippen LogP contribution < -0.4 is 15.0 Å². The van der Waals surface area contributed by atoms with Crippen LogP contribution in [0.3, 0.4) is 0 Å². The molecule has 0 spiro atoms. The number of para-hydroxylation sites is 1. The third kappa shape index (κ3) is 3.62. The van der Waals surface area contributed by atoms with Crippen molar-refractivity contribution in [2.45, 2.75) is 26.7 Å². The number of ether oxygens (including phenoxy) is 2. The van der Waals surface area contributed by atoms with Gasteiger partial charge in [0.25, 0.3) is 5.56 Å². The molecule has 6 heteroatoms. The van der Waals surface area contributed by atoms with Gasteiger partial charge >= 0.3 is 0 Å². The zero-order valence-corrected chi connectivity index (χ0v) is 16.5. The van der Waals surface area contributed by atoms with Gasteiger partial charge in [-0.15, -0.1) is 11.3 Å². The number of methoxy groups -OCH3 is 1. The van der Waals surface area contributed by atoms with Crippen molar-refractivity contribution in [1.29, 1.82) is 0 Å². The Hall–Kier alpha value is -2.60. The SMILES string of the molecule is COc1cccc(C=Cc2cc(=O)n3c(C)c(C)sc3n2)c1OCC1CC1. The summed E-state index contributed by atoms with van der Waals surface area (Å²) in [5.74, 6) is 2.11. The number of fused-ring (bicyclic) bond motifs is 1. The van der Waals surface area contributed by atoms with E-state index in [-0.39, 0.29) is 5.56 Å². The van der Waals surface area contributed by atoms with Gasteiger partial charge < -0.3 is 9.47 Å². The normalized spacial score (nSPS) is 14.2. The average molecular weight is 382 g/mol. The minimum atomic E-state index is -0.0580. The maximum atomic E-state index is 12.4. The molecule has 1 aromatic carbocycles. The van der Waals surface area contributed by atoms with Crippen LogP contribution in [-0.2, 0) is 0 Å². The summed E-state index contributed by atoms with van der Waals surface area (Å²) in [4.78, 5) is 18.9. The van der Waals surface area contributed by atoms with Crippen LogP contribution in [0.2, 0.25) is 0 Å². The lowest BCUT2D eigenvalue weighted by Crippen LogP contribution is -2.14. The topological polar surface area (TPSA) is 52.8 Å². The third-order valence-electron chi connectivity index (χ3n) is 4.82. The molecule has 3 aromatic rings. The smallest absolute Gasteiger partial charge is 0.259 e. The van der Waals surface area contributed by atoms with Gasteiger partial charge in [-0.1, -0.05) is 12.1 Å². The third-order valence-corrected chi connectivity index (χ3v) is 5.88. The zero-order valence-electron chi connectivity index (χ0n) is 15.7. The lowest BCUT2D eigenvalue weighted by atomic mass is 10.1. The predicted molar refractivity (Wildman–Crippen MR) is 109 cm³/mol. The number of hydrogen-bond donors (Lipinski definition) is 0. The van der Waals surface area contributed by atoms with Gasteiger partial charge in [-0.2, -0.15) is 0 Å². The largest absolute Gasteiger partial charge is 0.493 e. The molecule has 140 valence electrons. The molecule has 2 heterocycles. The Morgan fingerprint density at radius 2 is 2.11 bits per heavy atom. The number of hydrogen-bond acceptors (Lipinski definition) is 5. The van der Waals surface area contributed by atoms with Gasteiger partial charge in [-0.25, -0.2) is 4.98 Å². The molecule has 0 amide bonds. The van der Waals surface area contributed by atoms with Gasteiger partial charge in [-0.05, 0) is 50.8 Å². The maximum Gasteiger partial charge on any atom is 0.259 e. The molecule has 0 bridgehead atoms.